The summed E-state index contributed by atoms with van der Waals surface area (Å²) in [6.07, 6.45) is 0. The van der Waals surface area contributed by atoms with Crippen LogP contribution in [0, 0.1) is 11.3 Å². The van der Waals surface area contributed by atoms with Gasteiger partial charge in [-0.05, 0) is 82.9 Å². The van der Waals surface area contributed by atoms with Crippen molar-refractivity contribution in [3.05, 3.63) is 151 Å². The fourth-order valence-corrected chi connectivity index (χ4v) is 6.36. The Labute approximate surface area is 258 Å². The van der Waals surface area contributed by atoms with Crippen LogP contribution in [-0.4, -0.2) is 23.3 Å². The van der Waals surface area contributed by atoms with Gasteiger partial charge in [-0.25, -0.2) is 14.5 Å². The smallest absolute Gasteiger partial charge is 0.223 e. The average Bonchev–Trinajstić information content (AvgIpc) is 3.65. The Hall–Kier alpha value is -6.45. The molecular weight excluding hydrogens is 552 g/mol. The predicted octanol–water partition coefficient (Wildman–Crippen LogP) is 9.00. The molecule has 6 aromatic carbocycles. The van der Waals surface area contributed by atoms with Gasteiger partial charge in [-0.1, -0.05) is 84.9 Å². The van der Waals surface area contributed by atoms with E-state index in [0.717, 1.165) is 72.6 Å². The van der Waals surface area contributed by atoms with E-state index >= 15 is 0 Å². The van der Waals surface area contributed by atoms with Gasteiger partial charge in [0.15, 0.2) is 0 Å². The third-order valence-electron chi connectivity index (χ3n) is 8.54. The largest absolute Gasteiger partial charge is 0.276 e. The summed E-state index contributed by atoms with van der Waals surface area (Å²) in [6, 6.07) is 52.0. The minimum atomic E-state index is 0.662. The van der Waals surface area contributed by atoms with E-state index in [1.165, 1.54) is 0 Å². The Bertz CT molecular complexity index is 2520. The topological polar surface area (TPSA) is 63.3 Å². The fourth-order valence-electron chi connectivity index (χ4n) is 6.36. The number of nitriles is 1. The molecule has 0 atom stereocenters. The Morgan fingerprint density at radius 2 is 0.800 bits per heavy atom. The standard InChI is InChI=1S/C39H24N6/c40-25-26-13-15-27(16-14-26)28-17-19-29(20-18-28)30-21-23-31(24-22-30)43-38-41-32-7-1-3-9-34(32)44(38)36-11-5-6-12-37(36)45-35-10-4-2-8-33(35)42-39(43)45/h1-24H. The molecule has 0 spiro atoms. The van der Waals surface area contributed by atoms with Gasteiger partial charge in [-0.3, -0.25) is 8.80 Å². The Kier molecular flexibility index (Phi) is 5.46. The van der Waals surface area contributed by atoms with Crippen LogP contribution in [0.3, 0.4) is 0 Å². The minimum Gasteiger partial charge on any atom is -0.276 e. The summed E-state index contributed by atoms with van der Waals surface area (Å²) in [5.41, 5.74) is 12.1. The Morgan fingerprint density at radius 1 is 0.422 bits per heavy atom. The lowest BCUT2D eigenvalue weighted by Crippen LogP contribution is -2.02. The summed E-state index contributed by atoms with van der Waals surface area (Å²) in [5.74, 6) is 1.58. The van der Waals surface area contributed by atoms with Gasteiger partial charge in [0, 0.05) is 0 Å². The van der Waals surface area contributed by atoms with Gasteiger partial charge in [-0.2, -0.15) is 5.26 Å². The number of aromatic nitrogens is 5. The maximum Gasteiger partial charge on any atom is 0.223 e. The quantitative estimate of drug-likeness (QED) is 0.211. The van der Waals surface area contributed by atoms with E-state index in [2.05, 4.69) is 129 Å². The van der Waals surface area contributed by atoms with Crippen LogP contribution < -0.4 is 0 Å². The summed E-state index contributed by atoms with van der Waals surface area (Å²) in [6.45, 7) is 0. The lowest BCUT2D eigenvalue weighted by molar-refractivity contribution is 1.03. The summed E-state index contributed by atoms with van der Waals surface area (Å²) < 4.78 is 6.64. The van der Waals surface area contributed by atoms with Gasteiger partial charge >= 0.3 is 0 Å². The molecule has 0 unspecified atom stereocenters. The van der Waals surface area contributed by atoms with E-state index in [-0.39, 0.29) is 0 Å². The third kappa shape index (κ3) is 3.88. The maximum atomic E-state index is 9.12. The van der Waals surface area contributed by atoms with Crippen LogP contribution in [0.2, 0.25) is 0 Å². The molecule has 0 fully saturated rings. The summed E-state index contributed by atoms with van der Waals surface area (Å²) in [7, 11) is 0. The van der Waals surface area contributed by atoms with Crippen molar-refractivity contribution >= 4 is 44.7 Å². The number of benzene rings is 6. The first kappa shape index (κ1) is 25.1. The van der Waals surface area contributed by atoms with Crippen molar-refractivity contribution in [3.63, 3.8) is 0 Å². The number of fused-ring (bicyclic) bond motifs is 9. The molecule has 6 nitrogen and oxygen atoms in total. The van der Waals surface area contributed by atoms with Gasteiger partial charge in [0.2, 0.25) is 11.6 Å². The first-order valence-electron chi connectivity index (χ1n) is 14.8. The molecule has 9 aromatic rings. The molecule has 0 aliphatic rings. The number of para-hydroxylation sites is 6. The molecule has 0 bridgehead atoms. The number of imidazole rings is 2. The molecule has 0 saturated carbocycles. The van der Waals surface area contributed by atoms with Crippen LogP contribution >= 0.6 is 0 Å². The molecule has 0 saturated heterocycles. The van der Waals surface area contributed by atoms with Crippen molar-refractivity contribution in [2.45, 2.75) is 0 Å². The zero-order valence-corrected chi connectivity index (χ0v) is 24.0. The monoisotopic (exact) mass is 576 g/mol. The van der Waals surface area contributed by atoms with Crippen molar-refractivity contribution < 1.29 is 0 Å². The summed E-state index contributed by atoms with van der Waals surface area (Å²) in [4.78, 5) is 10.4. The van der Waals surface area contributed by atoms with Gasteiger partial charge in [0.25, 0.3) is 0 Å². The molecule has 0 radical (unpaired) electrons. The molecule has 3 heterocycles. The SMILES string of the molecule is N#Cc1ccc(-c2ccc(-c3ccc(-n4c5nc6ccccc6n5c5ccccc5n5c6ccccc6nc45)cc3)cc2)cc1. The van der Waals surface area contributed by atoms with Gasteiger partial charge in [0.05, 0.1) is 50.4 Å². The van der Waals surface area contributed by atoms with Crippen LogP contribution in [0.4, 0.5) is 0 Å². The third-order valence-corrected chi connectivity index (χ3v) is 8.54. The van der Waals surface area contributed by atoms with Crippen LogP contribution in [0.15, 0.2) is 146 Å². The Morgan fingerprint density at radius 3 is 1.24 bits per heavy atom. The highest BCUT2D eigenvalue weighted by atomic mass is 15.3. The summed E-state index contributed by atoms with van der Waals surface area (Å²) >= 11 is 0. The molecule has 0 N–H and O–H groups in total. The van der Waals surface area contributed by atoms with E-state index in [9.17, 15) is 0 Å². The van der Waals surface area contributed by atoms with Crippen molar-refractivity contribution in [1.29, 1.82) is 5.26 Å². The molecule has 0 amide bonds. The first-order chi connectivity index (χ1) is 22.3. The van der Waals surface area contributed by atoms with Gasteiger partial charge < -0.3 is 0 Å². The first-order valence-corrected chi connectivity index (χ1v) is 14.8. The molecule has 6 heteroatoms. The van der Waals surface area contributed by atoms with Crippen LogP contribution in [0.5, 0.6) is 0 Å². The van der Waals surface area contributed by atoms with E-state index in [0.29, 0.717) is 5.56 Å². The van der Waals surface area contributed by atoms with E-state index in [1.54, 1.807) is 0 Å². The normalized spacial score (nSPS) is 11.5. The zero-order chi connectivity index (χ0) is 29.9. The summed E-state index contributed by atoms with van der Waals surface area (Å²) in [5, 5.41) is 9.12. The van der Waals surface area contributed by atoms with Crippen molar-refractivity contribution in [2.24, 2.45) is 0 Å². The molecule has 45 heavy (non-hydrogen) atoms. The average molecular weight is 577 g/mol. The highest BCUT2D eigenvalue weighted by Gasteiger charge is 2.18. The van der Waals surface area contributed by atoms with Crippen molar-refractivity contribution in [2.75, 3.05) is 0 Å². The maximum absolute atomic E-state index is 9.12. The van der Waals surface area contributed by atoms with Crippen molar-refractivity contribution in [3.8, 4) is 34.0 Å². The second kappa shape index (κ2) is 9.80. The van der Waals surface area contributed by atoms with Crippen LogP contribution in [0.1, 0.15) is 5.56 Å². The fraction of sp³-hybridized carbons (Fsp3) is 0. The predicted molar refractivity (Wildman–Crippen MR) is 180 cm³/mol. The van der Waals surface area contributed by atoms with E-state index in [4.69, 9.17) is 15.2 Å². The highest BCUT2D eigenvalue weighted by Crippen LogP contribution is 2.31. The van der Waals surface area contributed by atoms with Gasteiger partial charge in [0.1, 0.15) is 0 Å². The molecular formula is C39H24N6. The number of hydrogen-bond donors (Lipinski definition) is 0. The van der Waals surface area contributed by atoms with Crippen LogP contribution in [0.25, 0.3) is 72.6 Å². The molecule has 0 aliphatic heterocycles. The highest BCUT2D eigenvalue weighted by molar-refractivity contribution is 5.93. The minimum absolute atomic E-state index is 0.662. The van der Waals surface area contributed by atoms with E-state index in [1.807, 2.05) is 36.4 Å². The lowest BCUT2D eigenvalue weighted by Gasteiger charge is -2.09. The Balaban J connectivity index is 1.26. The second-order valence-corrected chi connectivity index (χ2v) is 11.1. The number of rotatable bonds is 3. The van der Waals surface area contributed by atoms with E-state index < -0.39 is 0 Å². The molecule has 210 valence electrons. The zero-order valence-electron chi connectivity index (χ0n) is 24.0. The lowest BCUT2D eigenvalue weighted by atomic mass is 9.99. The van der Waals surface area contributed by atoms with Gasteiger partial charge in [-0.15, -0.1) is 0 Å². The molecule has 3 aromatic heterocycles. The van der Waals surface area contributed by atoms with Crippen molar-refractivity contribution in [1.82, 2.24) is 23.3 Å². The number of nitrogens with zero attached hydrogens (tertiary/aromatic N) is 6. The number of hydrogen-bond acceptors (Lipinski definition) is 3. The van der Waals surface area contributed by atoms with Crippen LogP contribution in [-0.2, 0) is 0 Å². The second-order valence-electron chi connectivity index (χ2n) is 11.1. The molecule has 0 aliphatic carbocycles. The molecule has 9 rings (SSSR count).